The average Bonchev–Trinajstić information content (AvgIpc) is 2.75. The Balaban J connectivity index is 1.66. The number of rotatable bonds is 12. The molecule has 0 aliphatic carbocycles. The van der Waals surface area contributed by atoms with Gasteiger partial charge in [0.25, 0.3) is 0 Å². The summed E-state index contributed by atoms with van der Waals surface area (Å²) in [7, 11) is 0. The van der Waals surface area contributed by atoms with Crippen molar-refractivity contribution < 1.29 is 24.2 Å². The number of carbonyl (C=O) groups excluding carboxylic acids is 1. The summed E-state index contributed by atoms with van der Waals surface area (Å²) in [4.78, 5) is 21.7. The summed E-state index contributed by atoms with van der Waals surface area (Å²) in [5.74, 6) is -0.597. The minimum atomic E-state index is -0.974. The van der Waals surface area contributed by atoms with Gasteiger partial charge in [0.1, 0.15) is 5.75 Å². The van der Waals surface area contributed by atoms with E-state index in [1.54, 1.807) is 24.3 Å². The van der Waals surface area contributed by atoms with Gasteiger partial charge in [0, 0.05) is 6.08 Å². The number of unbranched alkanes of at least 4 members (excludes halogenated alkanes) is 3. The quantitative estimate of drug-likeness (QED) is 0.222. The Kier molecular flexibility index (Phi) is 9.08. The molecule has 0 amide bonds. The van der Waals surface area contributed by atoms with Crippen molar-refractivity contribution in [2.45, 2.75) is 25.7 Å². The first-order valence-electron chi connectivity index (χ1n) is 9.35. The number of hydrogen-bond acceptors (Lipinski definition) is 6. The van der Waals surface area contributed by atoms with Crippen LogP contribution in [0.2, 0.25) is 0 Å². The molecule has 7 heteroatoms. The molecule has 0 saturated heterocycles. The molecule has 152 valence electrons. The first-order chi connectivity index (χ1) is 14.1. The van der Waals surface area contributed by atoms with Gasteiger partial charge in [-0.1, -0.05) is 6.58 Å². The topological polar surface area (TPSA) is 97.5 Å². The van der Waals surface area contributed by atoms with E-state index in [9.17, 15) is 9.59 Å². The Hall–Kier alpha value is -3.48. The fourth-order valence-corrected chi connectivity index (χ4v) is 2.37. The Labute approximate surface area is 169 Å². The Morgan fingerprint density at radius 3 is 1.97 bits per heavy atom. The van der Waals surface area contributed by atoms with Gasteiger partial charge >= 0.3 is 11.9 Å². The van der Waals surface area contributed by atoms with E-state index in [4.69, 9.17) is 14.6 Å². The van der Waals surface area contributed by atoms with Crippen molar-refractivity contribution in [1.29, 1.82) is 0 Å². The van der Waals surface area contributed by atoms with Crippen molar-refractivity contribution in [3.63, 3.8) is 0 Å². The normalized spacial score (nSPS) is 10.6. The predicted octanol–water partition coefficient (Wildman–Crippen LogP) is 5.47. The van der Waals surface area contributed by atoms with Crippen LogP contribution in [0.3, 0.4) is 0 Å². The summed E-state index contributed by atoms with van der Waals surface area (Å²) < 4.78 is 10.6. The van der Waals surface area contributed by atoms with Gasteiger partial charge in [-0.05, 0) is 74.2 Å². The van der Waals surface area contributed by atoms with Crippen LogP contribution in [0.5, 0.6) is 5.75 Å². The van der Waals surface area contributed by atoms with E-state index in [0.29, 0.717) is 24.6 Å². The second-order valence-electron chi connectivity index (χ2n) is 6.18. The van der Waals surface area contributed by atoms with Gasteiger partial charge in [-0.15, -0.1) is 0 Å². The highest BCUT2D eigenvalue weighted by Gasteiger charge is 2.01. The maximum atomic E-state index is 10.9. The highest BCUT2D eigenvalue weighted by atomic mass is 16.5. The molecule has 1 N–H and O–H groups in total. The number of ether oxygens (including phenoxy) is 2. The minimum absolute atomic E-state index is 0.210. The van der Waals surface area contributed by atoms with E-state index >= 15 is 0 Å². The van der Waals surface area contributed by atoms with E-state index < -0.39 is 5.97 Å². The van der Waals surface area contributed by atoms with Crippen molar-refractivity contribution in [2.24, 2.45) is 10.2 Å². The molecule has 0 aliphatic rings. The highest BCUT2D eigenvalue weighted by Crippen LogP contribution is 2.22. The SMILES string of the molecule is C=CC(=O)OCCCCCCOc1ccc(/N=N/c2ccc(C(=O)O)cc2)cc1. The summed E-state index contributed by atoms with van der Waals surface area (Å²) in [5.41, 5.74) is 1.46. The lowest BCUT2D eigenvalue weighted by atomic mass is 10.2. The highest BCUT2D eigenvalue weighted by molar-refractivity contribution is 5.87. The van der Waals surface area contributed by atoms with Gasteiger partial charge in [-0.3, -0.25) is 0 Å². The molecule has 0 aromatic heterocycles. The third kappa shape index (κ3) is 8.38. The molecule has 0 fully saturated rings. The lowest BCUT2D eigenvalue weighted by Gasteiger charge is -2.06. The van der Waals surface area contributed by atoms with Crippen LogP contribution < -0.4 is 4.74 Å². The van der Waals surface area contributed by atoms with Gasteiger partial charge in [0.15, 0.2) is 0 Å². The minimum Gasteiger partial charge on any atom is -0.494 e. The van der Waals surface area contributed by atoms with Gasteiger partial charge < -0.3 is 14.6 Å². The molecule has 0 unspecified atom stereocenters. The Bertz CT molecular complexity index is 829. The molecule has 2 rings (SSSR count). The average molecular weight is 396 g/mol. The number of esters is 1. The number of carboxylic acids is 1. The summed E-state index contributed by atoms with van der Waals surface area (Å²) in [6, 6.07) is 13.5. The molecule has 0 spiro atoms. The largest absolute Gasteiger partial charge is 0.494 e. The Morgan fingerprint density at radius 2 is 1.41 bits per heavy atom. The molecule has 7 nitrogen and oxygen atoms in total. The first-order valence-corrected chi connectivity index (χ1v) is 9.35. The maximum Gasteiger partial charge on any atom is 0.335 e. The molecule has 2 aromatic carbocycles. The van der Waals surface area contributed by atoms with Crippen LogP contribution >= 0.6 is 0 Å². The zero-order valence-corrected chi connectivity index (χ0v) is 16.1. The van der Waals surface area contributed by atoms with Crippen molar-refractivity contribution in [1.82, 2.24) is 0 Å². The van der Waals surface area contributed by atoms with E-state index in [-0.39, 0.29) is 11.5 Å². The van der Waals surface area contributed by atoms with Crippen LogP contribution in [-0.2, 0) is 9.53 Å². The molecule has 2 aromatic rings. The summed E-state index contributed by atoms with van der Waals surface area (Å²) in [5, 5.41) is 17.1. The van der Waals surface area contributed by atoms with Crippen molar-refractivity contribution in [3.05, 3.63) is 66.7 Å². The maximum absolute atomic E-state index is 10.9. The van der Waals surface area contributed by atoms with Crippen molar-refractivity contribution >= 4 is 23.3 Å². The lowest BCUT2D eigenvalue weighted by Crippen LogP contribution is -2.02. The smallest absolute Gasteiger partial charge is 0.335 e. The number of hydrogen-bond donors (Lipinski definition) is 1. The lowest BCUT2D eigenvalue weighted by molar-refractivity contribution is -0.137. The fourth-order valence-electron chi connectivity index (χ4n) is 2.37. The molecule has 0 aliphatic heterocycles. The number of azo groups is 1. The second-order valence-corrected chi connectivity index (χ2v) is 6.18. The van der Waals surface area contributed by atoms with Crippen LogP contribution in [0, 0.1) is 0 Å². The van der Waals surface area contributed by atoms with Crippen LogP contribution in [0.1, 0.15) is 36.0 Å². The molecular weight excluding hydrogens is 372 g/mol. The molecule has 0 heterocycles. The monoisotopic (exact) mass is 396 g/mol. The number of nitrogens with zero attached hydrogens (tertiary/aromatic N) is 2. The second kappa shape index (κ2) is 12.1. The van der Waals surface area contributed by atoms with Gasteiger partial charge in [-0.2, -0.15) is 10.2 Å². The predicted molar refractivity (Wildman–Crippen MR) is 109 cm³/mol. The van der Waals surface area contributed by atoms with Crippen LogP contribution in [-0.4, -0.2) is 30.3 Å². The fraction of sp³-hybridized carbons (Fsp3) is 0.273. The molecule has 0 bridgehead atoms. The number of carboxylic acid groups (broad SMARTS) is 1. The van der Waals surface area contributed by atoms with E-state index in [0.717, 1.165) is 31.4 Å². The number of carbonyl (C=O) groups is 2. The van der Waals surface area contributed by atoms with Crippen LogP contribution in [0.25, 0.3) is 0 Å². The molecule has 29 heavy (non-hydrogen) atoms. The molecule has 0 saturated carbocycles. The van der Waals surface area contributed by atoms with Gasteiger partial charge in [0.2, 0.25) is 0 Å². The van der Waals surface area contributed by atoms with Crippen LogP contribution in [0.15, 0.2) is 71.4 Å². The third-order valence-electron chi connectivity index (χ3n) is 3.95. The van der Waals surface area contributed by atoms with E-state index in [1.165, 1.54) is 18.2 Å². The summed E-state index contributed by atoms with van der Waals surface area (Å²) in [6.07, 6.45) is 4.89. The first kappa shape index (κ1) is 21.8. The zero-order chi connectivity index (χ0) is 20.9. The number of aromatic carboxylic acids is 1. The Morgan fingerprint density at radius 1 is 0.862 bits per heavy atom. The van der Waals surface area contributed by atoms with Crippen molar-refractivity contribution in [2.75, 3.05) is 13.2 Å². The standard InChI is InChI=1S/C22H24N2O5/c1-2-21(25)29-16-6-4-3-5-15-28-20-13-11-19(12-14-20)24-23-18-9-7-17(8-10-18)22(26)27/h2,7-14H,1,3-6,15-16H2,(H,26,27)/b24-23+. The van der Waals surface area contributed by atoms with Gasteiger partial charge in [0.05, 0.1) is 30.2 Å². The zero-order valence-electron chi connectivity index (χ0n) is 16.1. The number of benzene rings is 2. The van der Waals surface area contributed by atoms with E-state index in [1.807, 2.05) is 12.1 Å². The van der Waals surface area contributed by atoms with Crippen molar-refractivity contribution in [3.8, 4) is 5.75 Å². The molecule has 0 atom stereocenters. The molecular formula is C22H24N2O5. The third-order valence-corrected chi connectivity index (χ3v) is 3.95. The summed E-state index contributed by atoms with van der Waals surface area (Å²) in [6.45, 7) is 4.38. The summed E-state index contributed by atoms with van der Waals surface area (Å²) >= 11 is 0. The molecule has 0 radical (unpaired) electrons. The van der Waals surface area contributed by atoms with E-state index in [2.05, 4.69) is 16.8 Å². The van der Waals surface area contributed by atoms with Gasteiger partial charge in [-0.25, -0.2) is 9.59 Å². The van der Waals surface area contributed by atoms with Crippen LogP contribution in [0.4, 0.5) is 11.4 Å².